The lowest BCUT2D eigenvalue weighted by Crippen LogP contribution is -2.44. The van der Waals surface area contributed by atoms with E-state index < -0.39 is 17.6 Å². The van der Waals surface area contributed by atoms with Gasteiger partial charge in [0.05, 0.1) is 0 Å². The minimum atomic E-state index is -0.702. The summed E-state index contributed by atoms with van der Waals surface area (Å²) in [4.78, 5) is 21.9. The highest BCUT2D eigenvalue weighted by molar-refractivity contribution is 5.92. The van der Waals surface area contributed by atoms with Crippen molar-refractivity contribution in [3.05, 3.63) is 12.2 Å². The van der Waals surface area contributed by atoms with Gasteiger partial charge in [0.25, 0.3) is 5.91 Å². The molecule has 0 aliphatic rings. The summed E-state index contributed by atoms with van der Waals surface area (Å²) < 4.78 is 4.87. The lowest BCUT2D eigenvalue weighted by atomic mass is 10.2. The van der Waals surface area contributed by atoms with Gasteiger partial charge in [-0.25, -0.2) is 10.2 Å². The summed E-state index contributed by atoms with van der Waals surface area (Å²) in [5.41, 5.74) is 3.96. The summed E-state index contributed by atoms with van der Waals surface area (Å²) in [6, 6.07) is 0. The molecule has 0 aromatic carbocycles. The molecule has 0 saturated heterocycles. The number of hydrogen-bond acceptors (Lipinski definition) is 3. The van der Waals surface area contributed by atoms with Crippen molar-refractivity contribution in [1.29, 1.82) is 0 Å². The average Bonchev–Trinajstić information content (AvgIpc) is 1.96. The first-order valence-electron chi connectivity index (χ1n) is 4.17. The van der Waals surface area contributed by atoms with Gasteiger partial charge in [0.15, 0.2) is 0 Å². The lowest BCUT2D eigenvalue weighted by Gasteiger charge is -2.19. The van der Waals surface area contributed by atoms with Gasteiger partial charge in [0.1, 0.15) is 5.60 Å². The highest BCUT2D eigenvalue weighted by Gasteiger charge is 2.16. The van der Waals surface area contributed by atoms with Gasteiger partial charge in [-0.3, -0.25) is 10.2 Å². The van der Waals surface area contributed by atoms with Crippen LogP contribution in [-0.4, -0.2) is 17.6 Å². The van der Waals surface area contributed by atoms with Crippen molar-refractivity contribution in [3.63, 3.8) is 0 Å². The fourth-order valence-corrected chi connectivity index (χ4v) is 0.518. The predicted octanol–water partition coefficient (Wildman–Crippen LogP) is 1.12. The molecule has 0 radical (unpaired) electrons. The zero-order chi connectivity index (χ0) is 11.4. The Bertz CT molecular complexity index is 253. The SMILES string of the molecule is C=C(C)C(=O)NNC(=O)OC(C)(C)C. The summed E-state index contributed by atoms with van der Waals surface area (Å²) in [5, 5.41) is 0. The minimum Gasteiger partial charge on any atom is -0.443 e. The first kappa shape index (κ1) is 12.5. The topological polar surface area (TPSA) is 67.4 Å². The van der Waals surface area contributed by atoms with E-state index >= 15 is 0 Å². The van der Waals surface area contributed by atoms with Crippen molar-refractivity contribution in [1.82, 2.24) is 10.9 Å². The Labute approximate surface area is 83.5 Å². The molecule has 0 unspecified atom stereocenters. The molecule has 2 amide bonds. The minimum absolute atomic E-state index is 0.307. The molecule has 14 heavy (non-hydrogen) atoms. The molecule has 5 heteroatoms. The average molecular weight is 200 g/mol. The molecular weight excluding hydrogens is 184 g/mol. The molecule has 0 aliphatic carbocycles. The van der Waals surface area contributed by atoms with Crippen molar-refractivity contribution in [2.24, 2.45) is 0 Å². The van der Waals surface area contributed by atoms with Crippen LogP contribution in [0.2, 0.25) is 0 Å². The van der Waals surface area contributed by atoms with E-state index in [9.17, 15) is 9.59 Å². The second-order valence-corrected chi connectivity index (χ2v) is 3.86. The van der Waals surface area contributed by atoms with E-state index in [1.54, 1.807) is 20.8 Å². The Morgan fingerprint density at radius 2 is 1.71 bits per heavy atom. The number of rotatable bonds is 1. The molecule has 2 N–H and O–H groups in total. The number of ether oxygens (including phenoxy) is 1. The molecule has 0 fully saturated rings. The first-order valence-corrected chi connectivity index (χ1v) is 4.17. The predicted molar refractivity (Wildman–Crippen MR) is 52.3 cm³/mol. The Morgan fingerprint density at radius 3 is 2.07 bits per heavy atom. The van der Waals surface area contributed by atoms with Gasteiger partial charge >= 0.3 is 6.09 Å². The Kier molecular flexibility index (Phi) is 4.14. The zero-order valence-corrected chi connectivity index (χ0v) is 8.93. The van der Waals surface area contributed by atoms with Crippen LogP contribution in [0.1, 0.15) is 27.7 Å². The standard InChI is InChI=1S/C9H16N2O3/c1-6(2)7(12)10-11-8(13)14-9(3,4)5/h1H2,2-5H3,(H,10,12)(H,11,13). The van der Waals surface area contributed by atoms with Gasteiger partial charge < -0.3 is 4.74 Å². The van der Waals surface area contributed by atoms with E-state index in [0.29, 0.717) is 5.57 Å². The number of carbonyl (C=O) groups excluding carboxylic acids is 2. The molecular formula is C9H16N2O3. The van der Waals surface area contributed by atoms with Crippen LogP contribution < -0.4 is 10.9 Å². The Balaban J connectivity index is 3.87. The Morgan fingerprint density at radius 1 is 1.21 bits per heavy atom. The lowest BCUT2D eigenvalue weighted by molar-refractivity contribution is -0.118. The smallest absolute Gasteiger partial charge is 0.426 e. The molecule has 0 aromatic rings. The maximum atomic E-state index is 11.0. The molecule has 0 aliphatic heterocycles. The van der Waals surface area contributed by atoms with Crippen molar-refractivity contribution in [2.75, 3.05) is 0 Å². The molecule has 0 rings (SSSR count). The maximum Gasteiger partial charge on any atom is 0.426 e. The molecule has 0 atom stereocenters. The van der Waals surface area contributed by atoms with E-state index in [1.165, 1.54) is 6.92 Å². The molecule has 80 valence electrons. The highest BCUT2D eigenvalue weighted by atomic mass is 16.6. The van der Waals surface area contributed by atoms with Crippen molar-refractivity contribution < 1.29 is 14.3 Å². The van der Waals surface area contributed by atoms with Gasteiger partial charge in [-0.2, -0.15) is 0 Å². The van der Waals surface area contributed by atoms with Crippen LogP contribution in [0.3, 0.4) is 0 Å². The first-order chi connectivity index (χ1) is 6.22. The van der Waals surface area contributed by atoms with Gasteiger partial charge in [0, 0.05) is 5.57 Å². The number of amides is 2. The van der Waals surface area contributed by atoms with Crippen molar-refractivity contribution in [2.45, 2.75) is 33.3 Å². The fourth-order valence-electron chi connectivity index (χ4n) is 0.518. The third-order valence-electron chi connectivity index (χ3n) is 1.06. The largest absolute Gasteiger partial charge is 0.443 e. The van der Waals surface area contributed by atoms with Crippen LogP contribution in [-0.2, 0) is 9.53 Å². The normalized spacial score (nSPS) is 10.3. The summed E-state index contributed by atoms with van der Waals surface area (Å²) in [6.07, 6.45) is -0.702. The van der Waals surface area contributed by atoms with Crippen LogP contribution in [0.15, 0.2) is 12.2 Å². The van der Waals surface area contributed by atoms with E-state index in [0.717, 1.165) is 0 Å². The molecule has 0 bridgehead atoms. The maximum absolute atomic E-state index is 11.0. The molecule has 0 heterocycles. The Hall–Kier alpha value is -1.52. The van der Waals surface area contributed by atoms with Crippen molar-refractivity contribution in [3.8, 4) is 0 Å². The number of carbonyl (C=O) groups is 2. The third kappa shape index (κ3) is 6.05. The van der Waals surface area contributed by atoms with E-state index in [1.807, 2.05) is 0 Å². The summed E-state index contributed by atoms with van der Waals surface area (Å²) in [6.45, 7) is 10.1. The quantitative estimate of drug-likeness (QED) is 0.492. The van der Waals surface area contributed by atoms with Crippen molar-refractivity contribution >= 4 is 12.0 Å². The van der Waals surface area contributed by atoms with Crippen LogP contribution >= 0.6 is 0 Å². The summed E-state index contributed by atoms with van der Waals surface area (Å²) in [7, 11) is 0. The van der Waals surface area contributed by atoms with E-state index in [2.05, 4.69) is 17.4 Å². The van der Waals surface area contributed by atoms with E-state index in [4.69, 9.17) is 4.74 Å². The van der Waals surface area contributed by atoms with Crippen LogP contribution in [0.25, 0.3) is 0 Å². The number of hydrogen-bond donors (Lipinski definition) is 2. The second kappa shape index (κ2) is 4.64. The molecule has 5 nitrogen and oxygen atoms in total. The second-order valence-electron chi connectivity index (χ2n) is 3.86. The number of hydrazine groups is 1. The molecule has 0 aromatic heterocycles. The van der Waals surface area contributed by atoms with Gasteiger partial charge in [-0.1, -0.05) is 6.58 Å². The van der Waals surface area contributed by atoms with Gasteiger partial charge in [0.2, 0.25) is 0 Å². The third-order valence-corrected chi connectivity index (χ3v) is 1.06. The van der Waals surface area contributed by atoms with Crippen LogP contribution in [0, 0.1) is 0 Å². The van der Waals surface area contributed by atoms with E-state index in [-0.39, 0.29) is 0 Å². The fraction of sp³-hybridized carbons (Fsp3) is 0.556. The summed E-state index contributed by atoms with van der Waals surface area (Å²) in [5.74, 6) is -0.448. The molecule has 0 saturated carbocycles. The monoisotopic (exact) mass is 200 g/mol. The van der Waals surface area contributed by atoms with Crippen LogP contribution in [0.4, 0.5) is 4.79 Å². The zero-order valence-electron chi connectivity index (χ0n) is 8.93. The molecule has 0 spiro atoms. The highest BCUT2D eigenvalue weighted by Crippen LogP contribution is 2.05. The van der Waals surface area contributed by atoms with Gasteiger partial charge in [-0.15, -0.1) is 0 Å². The summed E-state index contributed by atoms with van der Waals surface area (Å²) >= 11 is 0. The van der Waals surface area contributed by atoms with Crippen LogP contribution in [0.5, 0.6) is 0 Å². The number of nitrogens with one attached hydrogen (secondary N) is 2. The van der Waals surface area contributed by atoms with Gasteiger partial charge in [-0.05, 0) is 27.7 Å².